The Morgan fingerprint density at radius 1 is 0.949 bits per heavy atom. The number of carbonyl (C=O) groups is 2. The molecule has 4 rings (SSSR count). The first-order valence-corrected chi connectivity index (χ1v) is 12.0. The fourth-order valence-electron chi connectivity index (χ4n) is 3.87. The predicted molar refractivity (Wildman–Crippen MR) is 139 cm³/mol. The van der Waals surface area contributed by atoms with Crippen molar-refractivity contribution in [2.24, 2.45) is 0 Å². The van der Waals surface area contributed by atoms with Crippen molar-refractivity contribution in [3.05, 3.63) is 94.2 Å². The molecule has 0 unspecified atom stereocenters. The Bertz CT molecular complexity index is 1540. The molecule has 39 heavy (non-hydrogen) atoms. The maximum absolute atomic E-state index is 14.6. The van der Waals surface area contributed by atoms with Gasteiger partial charge in [-0.1, -0.05) is 43.3 Å². The summed E-state index contributed by atoms with van der Waals surface area (Å²) in [5.41, 5.74) is -0.0941. The first-order chi connectivity index (χ1) is 18.9. The molecule has 0 saturated carbocycles. The minimum absolute atomic E-state index is 0.0378. The number of esters is 1. The van der Waals surface area contributed by atoms with Crippen LogP contribution in [0.25, 0.3) is 5.69 Å². The predicted octanol–water partition coefficient (Wildman–Crippen LogP) is 3.83. The molecular formula is C27H26FN5O6. The highest BCUT2D eigenvalue weighted by Crippen LogP contribution is 2.27. The maximum Gasteiger partial charge on any atom is 0.377 e. The molecule has 3 aromatic carbocycles. The van der Waals surface area contributed by atoms with Gasteiger partial charge in [0.05, 0.1) is 14.2 Å². The first kappa shape index (κ1) is 27.0. The van der Waals surface area contributed by atoms with Gasteiger partial charge in [-0.2, -0.15) is 4.68 Å². The highest BCUT2D eigenvalue weighted by Gasteiger charge is 2.26. The second-order valence-corrected chi connectivity index (χ2v) is 8.26. The molecule has 1 aromatic heterocycles. The minimum atomic E-state index is -1.000. The molecule has 0 fully saturated rings. The number of benzene rings is 3. The zero-order valence-corrected chi connectivity index (χ0v) is 21.5. The van der Waals surface area contributed by atoms with Crippen LogP contribution in [0.15, 0.2) is 71.5 Å². The van der Waals surface area contributed by atoms with Crippen molar-refractivity contribution in [3.63, 3.8) is 0 Å². The highest BCUT2D eigenvalue weighted by atomic mass is 19.1. The standard InChI is InChI=1S/C27H26FN5O6/c1-4-15-31(26(35)33-27(36)32(29-30-33)24-21(28)11-8-12-23(24)38-3)19-13-14-22(37-2)20(16-19)25(34)39-17-18-9-6-5-7-10-18/h5-14,16H,4,15,17H2,1-3H3. The summed E-state index contributed by atoms with van der Waals surface area (Å²) in [6.45, 7) is 2.05. The Kier molecular flexibility index (Phi) is 8.34. The van der Waals surface area contributed by atoms with E-state index in [9.17, 15) is 18.8 Å². The van der Waals surface area contributed by atoms with Crippen molar-refractivity contribution < 1.29 is 28.2 Å². The fourth-order valence-corrected chi connectivity index (χ4v) is 3.87. The van der Waals surface area contributed by atoms with Crippen molar-refractivity contribution in [2.45, 2.75) is 20.0 Å². The van der Waals surface area contributed by atoms with Crippen LogP contribution in [0, 0.1) is 5.82 Å². The van der Waals surface area contributed by atoms with Crippen LogP contribution in [0.1, 0.15) is 29.3 Å². The molecule has 4 aromatic rings. The zero-order chi connectivity index (χ0) is 27.9. The molecule has 0 bridgehead atoms. The van der Waals surface area contributed by atoms with Gasteiger partial charge in [0.15, 0.2) is 5.82 Å². The van der Waals surface area contributed by atoms with E-state index >= 15 is 0 Å². The largest absolute Gasteiger partial charge is 0.496 e. The number of anilines is 1. The van der Waals surface area contributed by atoms with Crippen LogP contribution in [0.3, 0.4) is 0 Å². The lowest BCUT2D eigenvalue weighted by atomic mass is 10.1. The third-order valence-corrected chi connectivity index (χ3v) is 5.75. The van der Waals surface area contributed by atoms with Gasteiger partial charge in [0.1, 0.15) is 29.4 Å². The summed E-state index contributed by atoms with van der Waals surface area (Å²) in [5, 5.41) is 7.37. The van der Waals surface area contributed by atoms with Crippen molar-refractivity contribution in [1.29, 1.82) is 0 Å². The SMILES string of the molecule is CCCN(C(=O)n1nnn(-c2c(F)cccc2OC)c1=O)c1ccc(OC)c(C(=O)OCc2ccccc2)c1. The lowest BCUT2D eigenvalue weighted by molar-refractivity contribution is 0.0469. The quantitative estimate of drug-likeness (QED) is 0.235. The number of nitrogens with zero attached hydrogens (tertiary/aromatic N) is 5. The van der Waals surface area contributed by atoms with E-state index in [1.165, 1.54) is 43.4 Å². The Morgan fingerprint density at radius 2 is 1.69 bits per heavy atom. The number of ether oxygens (including phenoxy) is 3. The van der Waals surface area contributed by atoms with E-state index < -0.39 is 23.5 Å². The summed E-state index contributed by atoms with van der Waals surface area (Å²) in [7, 11) is 2.72. The van der Waals surface area contributed by atoms with Gasteiger partial charge in [-0.25, -0.2) is 18.8 Å². The van der Waals surface area contributed by atoms with E-state index in [4.69, 9.17) is 14.2 Å². The summed E-state index contributed by atoms with van der Waals surface area (Å²) in [4.78, 5) is 40.8. The summed E-state index contributed by atoms with van der Waals surface area (Å²) in [6, 6.07) is 16.8. The number of hydrogen-bond acceptors (Lipinski definition) is 8. The van der Waals surface area contributed by atoms with E-state index in [0.29, 0.717) is 21.5 Å². The second kappa shape index (κ2) is 12.0. The number of methoxy groups -OCH3 is 2. The van der Waals surface area contributed by atoms with E-state index in [-0.39, 0.29) is 35.9 Å². The molecule has 12 heteroatoms. The molecule has 11 nitrogen and oxygen atoms in total. The van der Waals surface area contributed by atoms with Gasteiger partial charge in [-0.3, -0.25) is 4.90 Å². The molecule has 202 valence electrons. The highest BCUT2D eigenvalue weighted by molar-refractivity contribution is 5.97. The maximum atomic E-state index is 14.6. The van der Waals surface area contributed by atoms with Gasteiger partial charge >= 0.3 is 17.7 Å². The number of para-hydroxylation sites is 1. The smallest absolute Gasteiger partial charge is 0.377 e. The third-order valence-electron chi connectivity index (χ3n) is 5.75. The van der Waals surface area contributed by atoms with Gasteiger partial charge in [0, 0.05) is 12.2 Å². The molecular weight excluding hydrogens is 509 g/mol. The third kappa shape index (κ3) is 5.64. The van der Waals surface area contributed by atoms with Crippen LogP contribution in [-0.2, 0) is 11.3 Å². The Balaban J connectivity index is 1.67. The van der Waals surface area contributed by atoms with Gasteiger partial charge in [-0.05, 0) is 52.7 Å². The molecule has 0 spiro atoms. The van der Waals surface area contributed by atoms with Crippen molar-refractivity contribution in [2.75, 3.05) is 25.7 Å². The number of hydrogen-bond donors (Lipinski definition) is 0. The molecule has 0 aliphatic rings. The molecule has 0 N–H and O–H groups in total. The molecule has 1 heterocycles. The summed E-state index contributed by atoms with van der Waals surface area (Å²) in [6.07, 6.45) is 0.510. The zero-order valence-electron chi connectivity index (χ0n) is 21.5. The first-order valence-electron chi connectivity index (χ1n) is 12.0. The lowest BCUT2D eigenvalue weighted by Gasteiger charge is -2.22. The van der Waals surface area contributed by atoms with E-state index in [1.54, 1.807) is 6.07 Å². The Morgan fingerprint density at radius 3 is 2.38 bits per heavy atom. The monoisotopic (exact) mass is 535 g/mol. The molecule has 0 atom stereocenters. The number of aromatic nitrogens is 4. The van der Waals surface area contributed by atoms with Crippen molar-refractivity contribution >= 4 is 17.7 Å². The summed E-state index contributed by atoms with van der Waals surface area (Å²) >= 11 is 0. The number of halogens is 1. The van der Waals surface area contributed by atoms with Gasteiger partial charge in [0.25, 0.3) is 0 Å². The molecule has 1 amide bonds. The van der Waals surface area contributed by atoms with E-state index in [0.717, 1.165) is 11.6 Å². The van der Waals surface area contributed by atoms with Crippen LogP contribution in [0.4, 0.5) is 14.9 Å². The van der Waals surface area contributed by atoms with Gasteiger partial charge < -0.3 is 14.2 Å². The van der Waals surface area contributed by atoms with E-state index in [1.807, 2.05) is 37.3 Å². The average Bonchev–Trinajstić information content (AvgIpc) is 3.34. The lowest BCUT2D eigenvalue weighted by Crippen LogP contribution is -2.41. The Labute approximate surface area is 222 Å². The van der Waals surface area contributed by atoms with Crippen LogP contribution in [0.2, 0.25) is 0 Å². The van der Waals surface area contributed by atoms with E-state index in [2.05, 4.69) is 10.4 Å². The van der Waals surface area contributed by atoms with Crippen LogP contribution in [0.5, 0.6) is 11.5 Å². The second-order valence-electron chi connectivity index (χ2n) is 8.26. The van der Waals surface area contributed by atoms with Crippen LogP contribution < -0.4 is 20.1 Å². The molecule has 0 aliphatic carbocycles. The van der Waals surface area contributed by atoms with Gasteiger partial charge in [0.2, 0.25) is 0 Å². The van der Waals surface area contributed by atoms with Gasteiger partial charge in [-0.15, -0.1) is 4.68 Å². The van der Waals surface area contributed by atoms with Crippen molar-refractivity contribution in [1.82, 2.24) is 19.8 Å². The average molecular weight is 536 g/mol. The minimum Gasteiger partial charge on any atom is -0.496 e. The number of amides is 1. The number of carbonyl (C=O) groups excluding carboxylic acids is 2. The number of rotatable bonds is 9. The Hall–Kier alpha value is -5.00. The summed E-state index contributed by atoms with van der Waals surface area (Å²) < 4.78 is 31.6. The normalized spacial score (nSPS) is 10.7. The summed E-state index contributed by atoms with van der Waals surface area (Å²) in [5.74, 6) is -1.15. The van der Waals surface area contributed by atoms with Crippen LogP contribution >= 0.6 is 0 Å². The fraction of sp³-hybridized carbons (Fsp3) is 0.222. The molecule has 0 aliphatic heterocycles. The van der Waals surface area contributed by atoms with Crippen LogP contribution in [-0.4, -0.2) is 52.6 Å². The molecule has 0 radical (unpaired) electrons. The van der Waals surface area contributed by atoms with Crippen molar-refractivity contribution in [3.8, 4) is 17.2 Å². The topological polar surface area (TPSA) is 118 Å². The number of tetrazole rings is 1. The molecule has 0 saturated heterocycles.